The van der Waals surface area contributed by atoms with Gasteiger partial charge in [-0.15, -0.1) is 0 Å². The molecule has 2 fully saturated rings. The number of piperazine rings is 1. The van der Waals surface area contributed by atoms with Gasteiger partial charge in [-0.3, -0.25) is 4.90 Å². The van der Waals surface area contributed by atoms with Crippen molar-refractivity contribution < 1.29 is 8.78 Å². The highest BCUT2D eigenvalue weighted by molar-refractivity contribution is 5.50. The van der Waals surface area contributed by atoms with E-state index in [2.05, 4.69) is 30.9 Å². The molecule has 7 nitrogen and oxygen atoms in total. The van der Waals surface area contributed by atoms with Crippen LogP contribution in [0.15, 0.2) is 43.0 Å². The Hall–Kier alpha value is -2.81. The number of piperidine rings is 1. The van der Waals surface area contributed by atoms with Crippen molar-refractivity contribution in [2.24, 2.45) is 0 Å². The number of hydrogen-bond donors (Lipinski definition) is 0. The van der Waals surface area contributed by atoms with Crippen LogP contribution in [0.3, 0.4) is 0 Å². The molecule has 3 aromatic rings. The quantitative estimate of drug-likeness (QED) is 0.656. The molecule has 5 rings (SSSR count). The summed E-state index contributed by atoms with van der Waals surface area (Å²) in [6.07, 6.45) is 5.41. The van der Waals surface area contributed by atoms with E-state index in [1.54, 1.807) is 6.33 Å². The normalized spacial score (nSPS) is 20.1. The van der Waals surface area contributed by atoms with Gasteiger partial charge in [0.1, 0.15) is 23.6 Å². The number of anilines is 2. The van der Waals surface area contributed by atoms with Crippen molar-refractivity contribution in [1.82, 2.24) is 24.3 Å². The lowest BCUT2D eigenvalue weighted by Gasteiger charge is -2.36. The largest absolute Gasteiger partial charge is 0.356 e. The maximum absolute atomic E-state index is 13.4. The highest BCUT2D eigenvalue weighted by atomic mass is 19.3. The van der Waals surface area contributed by atoms with Crippen LogP contribution in [0.2, 0.25) is 0 Å². The fourth-order valence-corrected chi connectivity index (χ4v) is 4.17. The number of rotatable bonds is 4. The van der Waals surface area contributed by atoms with Crippen LogP contribution in [-0.2, 0) is 6.54 Å². The van der Waals surface area contributed by atoms with Crippen molar-refractivity contribution in [3.8, 4) is 0 Å². The minimum Gasteiger partial charge on any atom is -0.356 e. The van der Waals surface area contributed by atoms with Crippen molar-refractivity contribution in [3.63, 3.8) is 0 Å². The average Bonchev–Trinajstić information content (AvgIpc) is 3.17. The molecule has 0 N–H and O–H groups in total. The molecule has 0 bridgehead atoms. The zero-order chi connectivity index (χ0) is 20.6. The van der Waals surface area contributed by atoms with Crippen LogP contribution in [0.4, 0.5) is 20.4 Å². The summed E-state index contributed by atoms with van der Waals surface area (Å²) in [5.74, 6) is -0.948. The predicted molar refractivity (Wildman–Crippen MR) is 111 cm³/mol. The Balaban J connectivity index is 1.19. The number of fused-ring (bicyclic) bond motifs is 1. The Labute approximate surface area is 174 Å². The Morgan fingerprint density at radius 3 is 2.30 bits per heavy atom. The number of nitrogens with zero attached hydrogens (tertiary/aromatic N) is 7. The molecule has 2 aliphatic rings. The predicted octanol–water partition coefficient (Wildman–Crippen LogP) is 2.68. The van der Waals surface area contributed by atoms with Gasteiger partial charge in [-0.2, -0.15) is 0 Å². The molecule has 0 atom stereocenters. The number of hydrogen-bond acceptors (Lipinski definition) is 6. The van der Waals surface area contributed by atoms with Crippen molar-refractivity contribution in [3.05, 3.63) is 48.7 Å². The summed E-state index contributed by atoms with van der Waals surface area (Å²) in [6.45, 7) is 5.05. The minimum atomic E-state index is -2.55. The summed E-state index contributed by atoms with van der Waals surface area (Å²) in [4.78, 5) is 20.0. The summed E-state index contributed by atoms with van der Waals surface area (Å²) in [5.41, 5.74) is 2.04. The molecular formula is C21H25F2N7. The monoisotopic (exact) mass is 413 g/mol. The van der Waals surface area contributed by atoms with Gasteiger partial charge in [0.2, 0.25) is 0 Å². The van der Waals surface area contributed by atoms with Crippen molar-refractivity contribution >= 4 is 17.3 Å². The molecule has 3 aromatic heterocycles. The van der Waals surface area contributed by atoms with Gasteiger partial charge >= 0.3 is 0 Å². The molecule has 30 heavy (non-hydrogen) atoms. The van der Waals surface area contributed by atoms with E-state index < -0.39 is 5.92 Å². The summed E-state index contributed by atoms with van der Waals surface area (Å²) >= 11 is 0. The third-order valence-corrected chi connectivity index (χ3v) is 5.95. The summed E-state index contributed by atoms with van der Waals surface area (Å²) in [7, 11) is 0. The van der Waals surface area contributed by atoms with E-state index >= 15 is 0 Å². The summed E-state index contributed by atoms with van der Waals surface area (Å²) in [5, 5.41) is 0. The van der Waals surface area contributed by atoms with Gasteiger partial charge in [0.15, 0.2) is 0 Å². The fourth-order valence-electron chi connectivity index (χ4n) is 4.17. The number of aromatic nitrogens is 4. The van der Waals surface area contributed by atoms with Crippen LogP contribution in [-0.4, -0.2) is 69.4 Å². The molecule has 2 aliphatic heterocycles. The van der Waals surface area contributed by atoms with E-state index in [0.29, 0.717) is 13.1 Å². The van der Waals surface area contributed by atoms with Crippen LogP contribution >= 0.6 is 0 Å². The molecule has 0 amide bonds. The van der Waals surface area contributed by atoms with Gasteiger partial charge in [0.05, 0.1) is 5.69 Å². The van der Waals surface area contributed by atoms with E-state index in [4.69, 9.17) is 0 Å². The Morgan fingerprint density at radius 2 is 1.60 bits per heavy atom. The molecule has 2 saturated heterocycles. The topological polar surface area (TPSA) is 52.8 Å². The highest BCUT2D eigenvalue weighted by Gasteiger charge is 2.34. The molecular weight excluding hydrogens is 388 g/mol. The van der Waals surface area contributed by atoms with E-state index in [9.17, 15) is 8.78 Å². The van der Waals surface area contributed by atoms with Crippen LogP contribution < -0.4 is 9.80 Å². The first-order chi connectivity index (χ1) is 14.6. The molecule has 0 aliphatic carbocycles. The molecule has 158 valence electrons. The smallest absolute Gasteiger partial charge is 0.251 e. The molecule has 5 heterocycles. The van der Waals surface area contributed by atoms with Crippen LogP contribution in [0.1, 0.15) is 18.5 Å². The third-order valence-electron chi connectivity index (χ3n) is 5.95. The van der Waals surface area contributed by atoms with E-state index in [-0.39, 0.29) is 12.8 Å². The van der Waals surface area contributed by atoms with Crippen LogP contribution in [0.25, 0.3) is 5.65 Å². The van der Waals surface area contributed by atoms with Gasteiger partial charge in [-0.1, -0.05) is 6.07 Å². The first-order valence-corrected chi connectivity index (χ1v) is 10.4. The number of halogens is 2. The zero-order valence-corrected chi connectivity index (χ0v) is 16.8. The second-order valence-corrected chi connectivity index (χ2v) is 8.04. The van der Waals surface area contributed by atoms with Gasteiger partial charge in [0.25, 0.3) is 5.92 Å². The van der Waals surface area contributed by atoms with Gasteiger partial charge < -0.3 is 14.2 Å². The van der Waals surface area contributed by atoms with Crippen molar-refractivity contribution in [1.29, 1.82) is 0 Å². The molecule has 0 unspecified atom stereocenters. The first-order valence-electron chi connectivity index (χ1n) is 10.4. The highest BCUT2D eigenvalue weighted by Crippen LogP contribution is 2.30. The number of pyridine rings is 1. The lowest BCUT2D eigenvalue weighted by Crippen LogP contribution is -2.46. The Morgan fingerprint density at radius 1 is 0.900 bits per heavy atom. The van der Waals surface area contributed by atoms with E-state index in [0.717, 1.165) is 55.7 Å². The maximum Gasteiger partial charge on any atom is 0.251 e. The standard InChI is InChI=1S/C21H25F2N7/c22-21(23)4-7-28(8-5-21)19-13-20(25-16-24-19)29-11-9-27(10-12-29)14-17-15-30-6-2-1-3-18(30)26-17/h1-3,6,13,15-16H,4-5,7-12,14H2. The van der Waals surface area contributed by atoms with Gasteiger partial charge in [0, 0.05) is 77.1 Å². The maximum atomic E-state index is 13.4. The third kappa shape index (κ3) is 4.07. The summed E-state index contributed by atoms with van der Waals surface area (Å²) in [6, 6.07) is 7.94. The van der Waals surface area contributed by atoms with Crippen LogP contribution in [0.5, 0.6) is 0 Å². The van der Waals surface area contributed by atoms with Gasteiger partial charge in [-0.05, 0) is 12.1 Å². The van der Waals surface area contributed by atoms with E-state index in [1.165, 1.54) is 0 Å². The molecule has 0 aromatic carbocycles. The minimum absolute atomic E-state index is 0.117. The second kappa shape index (κ2) is 7.79. The number of imidazole rings is 1. The Kier molecular flexibility index (Phi) is 4.98. The summed E-state index contributed by atoms with van der Waals surface area (Å²) < 4.78 is 28.9. The molecule has 0 radical (unpaired) electrons. The van der Waals surface area contributed by atoms with Crippen molar-refractivity contribution in [2.45, 2.75) is 25.3 Å². The molecule has 0 saturated carbocycles. The molecule has 9 heteroatoms. The van der Waals surface area contributed by atoms with Crippen LogP contribution in [0, 0.1) is 0 Å². The first kappa shape index (κ1) is 19.2. The fraction of sp³-hybridized carbons (Fsp3) is 0.476. The van der Waals surface area contributed by atoms with E-state index in [1.807, 2.05) is 39.8 Å². The Bertz CT molecular complexity index is 970. The van der Waals surface area contributed by atoms with Crippen molar-refractivity contribution in [2.75, 3.05) is 49.1 Å². The average molecular weight is 413 g/mol. The second-order valence-electron chi connectivity index (χ2n) is 8.04. The lowest BCUT2D eigenvalue weighted by molar-refractivity contribution is -0.0221. The van der Waals surface area contributed by atoms with Gasteiger partial charge in [-0.25, -0.2) is 23.7 Å². The zero-order valence-electron chi connectivity index (χ0n) is 16.8. The molecule has 0 spiro atoms. The SMILES string of the molecule is FC1(F)CCN(c2cc(N3CCN(Cc4cn5ccccc5n4)CC3)ncn2)CC1. The number of alkyl halides is 2. The lowest BCUT2D eigenvalue weighted by atomic mass is 10.1.